The van der Waals surface area contributed by atoms with Gasteiger partial charge in [-0.15, -0.1) is 0 Å². The van der Waals surface area contributed by atoms with Crippen molar-refractivity contribution in [3.63, 3.8) is 0 Å². The fraction of sp³-hybridized carbons (Fsp3) is 0.333. The Bertz CT molecular complexity index is 817. The zero-order chi connectivity index (χ0) is 17.6. The number of carbonyl (C=O) groups is 4. The lowest BCUT2D eigenvalue weighted by atomic mass is 9.84. The van der Waals surface area contributed by atoms with Gasteiger partial charge in [0.05, 0.1) is 10.5 Å². The molecule has 1 atom stereocenters. The van der Waals surface area contributed by atoms with Crippen LogP contribution in [0.2, 0.25) is 0 Å². The number of hydrogen-bond donors (Lipinski definition) is 1. The van der Waals surface area contributed by atoms with Gasteiger partial charge in [-0.05, 0) is 18.9 Å². The summed E-state index contributed by atoms with van der Waals surface area (Å²) in [6.45, 7) is 1.62. The lowest BCUT2D eigenvalue weighted by Crippen LogP contribution is -2.64. The Morgan fingerprint density at radius 2 is 1.96 bits per heavy atom. The first-order valence-corrected chi connectivity index (χ1v) is 7.34. The minimum atomic E-state index is -1.52. The Labute approximate surface area is 135 Å². The van der Waals surface area contributed by atoms with Crippen LogP contribution in [0.4, 0.5) is 5.69 Å². The Kier molecular flexibility index (Phi) is 3.43. The topological polar surface area (TPSA) is 127 Å². The molecular weight excluding hydrogens is 318 g/mol. The van der Waals surface area contributed by atoms with Crippen molar-refractivity contribution in [1.82, 2.24) is 10.2 Å². The van der Waals surface area contributed by atoms with E-state index < -0.39 is 39.8 Å². The van der Waals surface area contributed by atoms with Crippen molar-refractivity contribution in [2.45, 2.75) is 31.7 Å². The highest BCUT2D eigenvalue weighted by atomic mass is 16.6. The standard InChI is InChI=1S/C15H13N3O6/c1-2-15(7-6-10(19)16-14(15)22)17-12(20)8-4-3-5-9(18(23)24)11(8)13(17)21/h3-5H,2,6-7H2,1H3,(H,16,19,22). The normalized spacial score (nSPS) is 23.3. The third kappa shape index (κ3) is 1.94. The predicted octanol–water partition coefficient (Wildman–Crippen LogP) is 0.776. The fourth-order valence-corrected chi connectivity index (χ4v) is 3.26. The summed E-state index contributed by atoms with van der Waals surface area (Å²) in [7, 11) is 0. The summed E-state index contributed by atoms with van der Waals surface area (Å²) in [4.78, 5) is 60.4. The number of rotatable bonds is 3. The molecule has 1 aromatic carbocycles. The van der Waals surface area contributed by atoms with Crippen LogP contribution >= 0.6 is 0 Å². The maximum atomic E-state index is 12.8. The zero-order valence-corrected chi connectivity index (χ0v) is 12.7. The lowest BCUT2D eigenvalue weighted by molar-refractivity contribution is -0.385. The van der Waals surface area contributed by atoms with E-state index in [1.807, 2.05) is 0 Å². The molecule has 1 N–H and O–H groups in total. The molecule has 0 radical (unpaired) electrons. The van der Waals surface area contributed by atoms with Crippen molar-refractivity contribution in [3.8, 4) is 0 Å². The number of piperidine rings is 1. The number of nitrogens with zero attached hydrogens (tertiary/aromatic N) is 2. The molecule has 1 unspecified atom stereocenters. The molecule has 124 valence electrons. The van der Waals surface area contributed by atoms with Gasteiger partial charge < -0.3 is 0 Å². The second kappa shape index (κ2) is 5.22. The number of fused-ring (bicyclic) bond motifs is 1. The average Bonchev–Trinajstić information content (AvgIpc) is 2.80. The molecule has 0 aliphatic carbocycles. The van der Waals surface area contributed by atoms with Gasteiger partial charge in [0.2, 0.25) is 5.91 Å². The van der Waals surface area contributed by atoms with Crippen molar-refractivity contribution >= 4 is 29.3 Å². The largest absolute Gasteiger partial charge is 0.294 e. The molecule has 2 aliphatic rings. The van der Waals surface area contributed by atoms with E-state index >= 15 is 0 Å². The third-order valence-electron chi connectivity index (χ3n) is 4.54. The first-order chi connectivity index (χ1) is 11.3. The van der Waals surface area contributed by atoms with Crippen LogP contribution in [0.3, 0.4) is 0 Å². The van der Waals surface area contributed by atoms with E-state index in [2.05, 4.69) is 5.32 Å². The molecule has 9 heteroatoms. The van der Waals surface area contributed by atoms with Crippen LogP contribution in [0.25, 0.3) is 0 Å². The molecule has 0 aromatic heterocycles. The molecule has 2 aliphatic heterocycles. The maximum Gasteiger partial charge on any atom is 0.282 e. The summed E-state index contributed by atoms with van der Waals surface area (Å²) in [6, 6.07) is 3.77. The average molecular weight is 331 g/mol. The second-order valence-electron chi connectivity index (χ2n) is 5.66. The molecule has 3 rings (SSSR count). The van der Waals surface area contributed by atoms with Crippen LogP contribution in [0.1, 0.15) is 46.9 Å². The lowest BCUT2D eigenvalue weighted by Gasteiger charge is -2.40. The van der Waals surface area contributed by atoms with E-state index in [0.29, 0.717) is 0 Å². The van der Waals surface area contributed by atoms with Gasteiger partial charge >= 0.3 is 0 Å². The van der Waals surface area contributed by atoms with E-state index in [0.717, 1.165) is 11.0 Å². The molecule has 2 heterocycles. The highest BCUT2D eigenvalue weighted by Gasteiger charge is 2.55. The number of carbonyl (C=O) groups excluding carboxylic acids is 4. The Hall–Kier alpha value is -3.10. The van der Waals surface area contributed by atoms with Gasteiger partial charge in [0.15, 0.2) is 0 Å². The van der Waals surface area contributed by atoms with E-state index in [4.69, 9.17) is 0 Å². The number of nitro benzene ring substituents is 1. The smallest absolute Gasteiger partial charge is 0.282 e. The first-order valence-electron chi connectivity index (χ1n) is 7.34. The Morgan fingerprint density at radius 3 is 2.54 bits per heavy atom. The number of amides is 4. The molecule has 0 saturated carbocycles. The number of nitrogens with one attached hydrogen (secondary N) is 1. The number of imide groups is 2. The summed E-state index contributed by atoms with van der Waals surface area (Å²) in [5.41, 5.74) is -2.42. The third-order valence-corrected chi connectivity index (χ3v) is 4.54. The van der Waals surface area contributed by atoms with E-state index in [-0.39, 0.29) is 30.4 Å². The van der Waals surface area contributed by atoms with Crippen LogP contribution in [-0.2, 0) is 9.59 Å². The zero-order valence-electron chi connectivity index (χ0n) is 12.7. The Balaban J connectivity index is 2.14. The molecule has 1 aromatic rings. The summed E-state index contributed by atoms with van der Waals surface area (Å²) < 4.78 is 0. The molecule has 1 fully saturated rings. The van der Waals surface area contributed by atoms with Crippen molar-refractivity contribution in [1.29, 1.82) is 0 Å². The quantitative estimate of drug-likeness (QED) is 0.495. The van der Waals surface area contributed by atoms with Gasteiger partial charge in [-0.1, -0.05) is 13.0 Å². The van der Waals surface area contributed by atoms with Crippen LogP contribution in [-0.4, -0.2) is 39.0 Å². The SMILES string of the molecule is CCC1(N2C(=O)c3cccc([N+](=O)[O-])c3C2=O)CCC(=O)NC1=O. The molecule has 1 saturated heterocycles. The van der Waals surface area contributed by atoms with E-state index in [1.54, 1.807) is 6.92 Å². The van der Waals surface area contributed by atoms with Gasteiger partial charge in [-0.2, -0.15) is 0 Å². The van der Waals surface area contributed by atoms with Crippen LogP contribution in [0.15, 0.2) is 18.2 Å². The van der Waals surface area contributed by atoms with Gasteiger partial charge in [-0.3, -0.25) is 39.5 Å². The number of benzene rings is 1. The van der Waals surface area contributed by atoms with Gasteiger partial charge in [-0.25, -0.2) is 0 Å². The number of hydrogen-bond acceptors (Lipinski definition) is 6. The van der Waals surface area contributed by atoms with E-state index in [1.165, 1.54) is 12.1 Å². The van der Waals surface area contributed by atoms with Crippen molar-refractivity contribution in [2.75, 3.05) is 0 Å². The monoisotopic (exact) mass is 331 g/mol. The molecule has 0 bridgehead atoms. The first kappa shape index (κ1) is 15.8. The molecular formula is C15H13N3O6. The van der Waals surface area contributed by atoms with Crippen molar-refractivity contribution in [3.05, 3.63) is 39.4 Å². The Morgan fingerprint density at radius 1 is 1.25 bits per heavy atom. The second-order valence-corrected chi connectivity index (χ2v) is 5.66. The van der Waals surface area contributed by atoms with Crippen LogP contribution in [0, 0.1) is 10.1 Å². The minimum absolute atomic E-state index is 0.00652. The molecule has 0 spiro atoms. The van der Waals surface area contributed by atoms with Gasteiger partial charge in [0.25, 0.3) is 23.4 Å². The van der Waals surface area contributed by atoms with Crippen molar-refractivity contribution in [2.24, 2.45) is 0 Å². The molecule has 9 nitrogen and oxygen atoms in total. The van der Waals surface area contributed by atoms with Crippen LogP contribution < -0.4 is 5.32 Å². The highest BCUT2D eigenvalue weighted by molar-refractivity contribution is 6.25. The summed E-state index contributed by atoms with van der Waals surface area (Å²) in [5.74, 6) is -2.86. The maximum absolute atomic E-state index is 12.8. The van der Waals surface area contributed by atoms with Crippen molar-refractivity contribution < 1.29 is 24.1 Å². The highest BCUT2D eigenvalue weighted by Crippen LogP contribution is 2.39. The van der Waals surface area contributed by atoms with E-state index in [9.17, 15) is 29.3 Å². The molecule has 4 amide bonds. The summed E-state index contributed by atoms with van der Waals surface area (Å²) >= 11 is 0. The van der Waals surface area contributed by atoms with Crippen LogP contribution in [0.5, 0.6) is 0 Å². The van der Waals surface area contributed by atoms with Gasteiger partial charge in [0.1, 0.15) is 11.1 Å². The van der Waals surface area contributed by atoms with Gasteiger partial charge in [0, 0.05) is 12.5 Å². The number of nitro groups is 1. The fourth-order valence-electron chi connectivity index (χ4n) is 3.26. The summed E-state index contributed by atoms with van der Waals surface area (Å²) in [6.07, 6.45) is 0.0773. The molecule has 24 heavy (non-hydrogen) atoms. The summed E-state index contributed by atoms with van der Waals surface area (Å²) in [5, 5.41) is 13.3. The predicted molar refractivity (Wildman–Crippen MR) is 79.0 cm³/mol. The minimum Gasteiger partial charge on any atom is -0.294 e.